The van der Waals surface area contributed by atoms with Crippen molar-refractivity contribution in [2.24, 2.45) is 0 Å². The molecule has 0 aliphatic rings. The van der Waals surface area contributed by atoms with Crippen molar-refractivity contribution in [3.63, 3.8) is 0 Å². The van der Waals surface area contributed by atoms with Gasteiger partial charge in [0.1, 0.15) is 13.5 Å². The van der Waals surface area contributed by atoms with Gasteiger partial charge >= 0.3 is 0 Å². The molecule has 0 N–H and O–H groups in total. The van der Waals surface area contributed by atoms with Gasteiger partial charge in [-0.2, -0.15) is 0 Å². The number of halogens is 1. The minimum absolute atomic E-state index is 0.134. The summed E-state index contributed by atoms with van der Waals surface area (Å²) in [5.74, 6) is 0.408. The molecule has 0 aromatic carbocycles. The van der Waals surface area contributed by atoms with Gasteiger partial charge in [-0.05, 0) is 12.1 Å². The summed E-state index contributed by atoms with van der Waals surface area (Å²) >= 11 is 3.27. The molecule has 2 aromatic heterocycles. The molecule has 3 nitrogen and oxygen atoms in total. The van der Waals surface area contributed by atoms with Crippen LogP contribution in [-0.2, 0) is 0 Å². The molecule has 2 rings (SSSR count). The molecule has 0 spiro atoms. The third-order valence-corrected chi connectivity index (χ3v) is 1.80. The maximum Gasteiger partial charge on any atom is 0.138 e. The first-order valence-corrected chi connectivity index (χ1v) is 4.03. The first-order chi connectivity index (χ1) is 7.09. The average Bonchev–Trinajstić information content (AvgIpc) is 2.41. The minimum atomic E-state index is -0.221. The van der Waals surface area contributed by atoms with Crippen LogP contribution in [-0.4, -0.2) is 14.5 Å². The summed E-state index contributed by atoms with van der Waals surface area (Å²) in [6.45, 7) is 0. The predicted molar refractivity (Wildman–Crippen MR) is 49.1 cm³/mol. The van der Waals surface area contributed by atoms with Crippen LogP contribution in [0.3, 0.4) is 0 Å². The number of nitrogens with zero attached hydrogens (tertiary/aromatic N) is 3. The van der Waals surface area contributed by atoms with Crippen LogP contribution in [0.1, 0.15) is 4.11 Å². The first kappa shape index (κ1) is 4.77. The monoisotopic (exact) mass is 226 g/mol. The van der Waals surface area contributed by atoms with Crippen LogP contribution in [0.15, 0.2) is 41.5 Å². The maximum atomic E-state index is 7.56. The Balaban J connectivity index is 2.63. The van der Waals surface area contributed by atoms with Crippen molar-refractivity contribution in [1.82, 2.24) is 14.5 Å². The molecular weight excluding hydrogens is 218 g/mol. The molecule has 0 bridgehead atoms. The van der Waals surface area contributed by atoms with E-state index in [1.807, 2.05) is 0 Å². The molecule has 2 aromatic rings. The quantitative estimate of drug-likeness (QED) is 0.746. The van der Waals surface area contributed by atoms with E-state index in [0.717, 1.165) is 4.47 Å². The lowest BCUT2D eigenvalue weighted by Crippen LogP contribution is -1.92. The Morgan fingerprint density at radius 2 is 2.50 bits per heavy atom. The summed E-state index contributed by atoms with van der Waals surface area (Å²) in [6, 6.07) is 3.41. The van der Waals surface area contributed by atoms with Crippen LogP contribution in [0.4, 0.5) is 0 Å². The van der Waals surface area contributed by atoms with Gasteiger partial charge in [0.2, 0.25) is 0 Å². The lowest BCUT2D eigenvalue weighted by molar-refractivity contribution is 0.991. The fourth-order valence-corrected chi connectivity index (χ4v) is 1.12. The van der Waals surface area contributed by atoms with Crippen molar-refractivity contribution in [3.8, 4) is 5.82 Å². The number of hydrogen-bond donors (Lipinski definition) is 0. The summed E-state index contributed by atoms with van der Waals surface area (Å²) in [4.78, 5) is 7.58. The van der Waals surface area contributed by atoms with Crippen molar-refractivity contribution < 1.29 is 4.11 Å². The molecule has 0 amide bonds. The molecule has 60 valence electrons. The zero-order valence-electron chi connectivity index (χ0n) is 8.95. The summed E-state index contributed by atoms with van der Waals surface area (Å²) in [5, 5.41) is 0. The van der Waals surface area contributed by atoms with Gasteiger partial charge < -0.3 is 0 Å². The maximum absolute atomic E-state index is 7.56. The molecule has 2 heterocycles. The SMILES string of the molecule is [2H]c1nc([2H])n(-c2cc(Br)ccn2)c1[2H]. The van der Waals surface area contributed by atoms with E-state index >= 15 is 0 Å². The second kappa shape index (κ2) is 3.06. The highest BCUT2D eigenvalue weighted by Crippen LogP contribution is 2.11. The van der Waals surface area contributed by atoms with E-state index in [4.69, 9.17) is 4.11 Å². The highest BCUT2D eigenvalue weighted by Gasteiger charge is 1.95. The molecule has 0 saturated heterocycles. The van der Waals surface area contributed by atoms with E-state index in [2.05, 4.69) is 25.9 Å². The van der Waals surface area contributed by atoms with Gasteiger partial charge in [-0.15, -0.1) is 0 Å². The Labute approximate surface area is 82.4 Å². The Hall–Kier alpha value is -1.16. The molecule has 0 radical (unpaired) electrons. The normalized spacial score (nSPS) is 13.6. The van der Waals surface area contributed by atoms with E-state index in [-0.39, 0.29) is 18.6 Å². The van der Waals surface area contributed by atoms with Crippen LogP contribution in [0, 0.1) is 0 Å². The highest BCUT2D eigenvalue weighted by atomic mass is 79.9. The molecule has 0 saturated carbocycles. The second-order valence-electron chi connectivity index (χ2n) is 2.10. The van der Waals surface area contributed by atoms with Crippen molar-refractivity contribution in [2.75, 3.05) is 0 Å². The van der Waals surface area contributed by atoms with Gasteiger partial charge in [0, 0.05) is 23.0 Å². The third-order valence-electron chi connectivity index (χ3n) is 1.30. The highest BCUT2D eigenvalue weighted by molar-refractivity contribution is 9.10. The third kappa shape index (κ3) is 1.38. The topological polar surface area (TPSA) is 30.7 Å². The van der Waals surface area contributed by atoms with E-state index in [9.17, 15) is 0 Å². The Kier molecular flexibility index (Phi) is 1.22. The number of hydrogen-bond acceptors (Lipinski definition) is 2. The van der Waals surface area contributed by atoms with Gasteiger partial charge in [-0.3, -0.25) is 4.57 Å². The molecule has 0 fully saturated rings. The van der Waals surface area contributed by atoms with E-state index in [0.29, 0.717) is 5.82 Å². The van der Waals surface area contributed by atoms with Gasteiger partial charge in [0.05, 0.1) is 2.74 Å². The Morgan fingerprint density at radius 3 is 3.17 bits per heavy atom. The Bertz CT molecular complexity index is 512. The van der Waals surface area contributed by atoms with Gasteiger partial charge in [0.15, 0.2) is 0 Å². The largest absolute Gasteiger partial charge is 0.291 e. The van der Waals surface area contributed by atoms with Gasteiger partial charge in [0.25, 0.3) is 0 Å². The molecular formula is C8H6BrN3. The fourth-order valence-electron chi connectivity index (χ4n) is 0.799. The zero-order valence-corrected chi connectivity index (χ0v) is 7.54. The zero-order chi connectivity index (χ0) is 11.0. The molecule has 0 unspecified atom stereocenters. The summed E-state index contributed by atoms with van der Waals surface area (Å²) in [5.41, 5.74) is 0. The molecule has 4 heteroatoms. The van der Waals surface area contributed by atoms with Gasteiger partial charge in [-0.25, -0.2) is 9.97 Å². The van der Waals surface area contributed by atoms with E-state index < -0.39 is 0 Å². The van der Waals surface area contributed by atoms with Crippen LogP contribution in [0.2, 0.25) is 0 Å². The number of rotatable bonds is 1. The number of pyridine rings is 1. The van der Waals surface area contributed by atoms with E-state index in [1.54, 1.807) is 18.3 Å². The lowest BCUT2D eigenvalue weighted by atomic mass is 10.4. The molecule has 12 heavy (non-hydrogen) atoms. The fraction of sp³-hybridized carbons (Fsp3) is 0. The van der Waals surface area contributed by atoms with E-state index in [1.165, 1.54) is 4.57 Å². The standard InChI is InChI=1S/C8H6BrN3/c9-7-1-2-11-8(5-7)12-4-3-10-6-12/h1-6H/i3D,4D,6D. The van der Waals surface area contributed by atoms with Crippen molar-refractivity contribution in [2.45, 2.75) is 0 Å². The summed E-state index contributed by atoms with van der Waals surface area (Å²) in [7, 11) is 0. The average molecular weight is 227 g/mol. The van der Waals surface area contributed by atoms with Crippen LogP contribution >= 0.6 is 15.9 Å². The molecule has 0 aliphatic heterocycles. The van der Waals surface area contributed by atoms with Crippen LogP contribution in [0.5, 0.6) is 0 Å². The summed E-state index contributed by atoms with van der Waals surface area (Å²) in [6.07, 6.45) is 1.05. The molecule has 0 aliphatic carbocycles. The van der Waals surface area contributed by atoms with Crippen LogP contribution < -0.4 is 0 Å². The predicted octanol–water partition coefficient (Wildman–Crippen LogP) is 2.03. The van der Waals surface area contributed by atoms with Crippen LogP contribution in [0.25, 0.3) is 5.82 Å². The summed E-state index contributed by atoms with van der Waals surface area (Å²) < 4.78 is 24.4. The van der Waals surface area contributed by atoms with Crippen molar-refractivity contribution in [3.05, 3.63) is 41.5 Å². The van der Waals surface area contributed by atoms with Gasteiger partial charge in [-0.1, -0.05) is 15.9 Å². The second-order valence-corrected chi connectivity index (χ2v) is 3.02. The lowest BCUT2D eigenvalue weighted by Gasteiger charge is -1.99. The minimum Gasteiger partial charge on any atom is -0.291 e. The van der Waals surface area contributed by atoms with Crippen molar-refractivity contribution >= 4 is 15.9 Å². The first-order valence-electron chi connectivity index (χ1n) is 4.74. The Morgan fingerprint density at radius 1 is 1.58 bits per heavy atom. The van der Waals surface area contributed by atoms with Crippen molar-refractivity contribution in [1.29, 1.82) is 0 Å². The number of imidazole rings is 1. The number of aromatic nitrogens is 3. The molecule has 0 atom stereocenters. The smallest absolute Gasteiger partial charge is 0.138 e.